The third kappa shape index (κ3) is 8.97. The molecule has 0 atom stereocenters. The zero-order valence-corrected chi connectivity index (χ0v) is 20.0. The van der Waals surface area contributed by atoms with Gasteiger partial charge in [0.1, 0.15) is 11.3 Å². The van der Waals surface area contributed by atoms with Gasteiger partial charge >= 0.3 is 11.4 Å². The lowest BCUT2D eigenvalue weighted by atomic mass is 10.1. The van der Waals surface area contributed by atoms with Crippen molar-refractivity contribution in [3.05, 3.63) is 66.5 Å². The number of ether oxygens (including phenoxy) is 1. The molecule has 0 aliphatic heterocycles. The zero-order chi connectivity index (χ0) is 24.4. The summed E-state index contributed by atoms with van der Waals surface area (Å²) in [6.45, 7) is 9.04. The molecule has 1 aromatic heterocycles. The van der Waals surface area contributed by atoms with E-state index in [1.54, 1.807) is 26.0 Å². The molecule has 2 rings (SSSR count). The number of alkyl halides is 3. The number of carbonyl (C=O) groups is 2. The molecule has 10 heteroatoms. The lowest BCUT2D eigenvalue weighted by molar-refractivity contribution is 0.0521. The van der Waals surface area contributed by atoms with Crippen LogP contribution in [0.5, 0.6) is 0 Å². The summed E-state index contributed by atoms with van der Waals surface area (Å²) < 4.78 is 30.2. The highest BCUT2D eigenvalue weighted by Crippen LogP contribution is 2.30. The maximum absolute atomic E-state index is 12.8. The van der Waals surface area contributed by atoms with E-state index in [0.717, 1.165) is 11.6 Å². The molecule has 172 valence electrons. The van der Waals surface area contributed by atoms with Crippen LogP contribution in [0, 0.1) is 13.8 Å². The van der Waals surface area contributed by atoms with Gasteiger partial charge in [0.15, 0.2) is 6.29 Å². The Labute approximate surface area is 194 Å². The number of pyridine rings is 1. The van der Waals surface area contributed by atoms with Crippen molar-refractivity contribution in [1.29, 1.82) is 0 Å². The van der Waals surface area contributed by atoms with Crippen LogP contribution in [0.15, 0.2) is 23.0 Å². The van der Waals surface area contributed by atoms with E-state index in [-0.39, 0.29) is 17.7 Å². The molecule has 5 nitrogen and oxygen atoms in total. The fourth-order valence-electron chi connectivity index (χ4n) is 2.07. The molecule has 0 bridgehead atoms. The average molecular weight is 499 g/mol. The van der Waals surface area contributed by atoms with Gasteiger partial charge in [0.2, 0.25) is 0 Å². The second-order valence-electron chi connectivity index (χ2n) is 6.19. The molecule has 2 aromatic rings. The van der Waals surface area contributed by atoms with Crippen molar-refractivity contribution in [3.63, 3.8) is 0 Å². The van der Waals surface area contributed by atoms with E-state index in [9.17, 15) is 23.2 Å². The molecular formula is C21H24Cl3F2NO4. The van der Waals surface area contributed by atoms with Gasteiger partial charge in [-0.1, -0.05) is 43.5 Å². The van der Waals surface area contributed by atoms with Gasteiger partial charge < -0.3 is 9.72 Å². The highest BCUT2D eigenvalue weighted by Gasteiger charge is 2.31. The summed E-state index contributed by atoms with van der Waals surface area (Å²) in [6.07, 6.45) is 1.96. The molecule has 1 heterocycles. The first-order valence-electron chi connectivity index (χ1n) is 9.23. The highest BCUT2D eigenvalue weighted by molar-refractivity contribution is 6.37. The fraction of sp³-hybridized carbons (Fsp3) is 0.381. The zero-order valence-electron chi connectivity index (χ0n) is 17.7. The summed E-state index contributed by atoms with van der Waals surface area (Å²) >= 11 is 16.3. The number of aromatic amines is 1. The van der Waals surface area contributed by atoms with Crippen LogP contribution >= 0.6 is 34.8 Å². The number of H-pyrrole nitrogens is 1. The van der Waals surface area contributed by atoms with Crippen molar-refractivity contribution in [1.82, 2.24) is 4.98 Å². The van der Waals surface area contributed by atoms with Gasteiger partial charge in [0.25, 0.3) is 5.56 Å². The van der Waals surface area contributed by atoms with Crippen LogP contribution in [0.25, 0.3) is 0 Å². The topological polar surface area (TPSA) is 76.2 Å². The van der Waals surface area contributed by atoms with Crippen molar-refractivity contribution in [2.75, 3.05) is 6.61 Å². The summed E-state index contributed by atoms with van der Waals surface area (Å²) in [7, 11) is 0. The number of aldehydes is 1. The number of halogens is 5. The number of rotatable bonds is 4. The Morgan fingerprint density at radius 3 is 2.16 bits per heavy atom. The molecule has 0 saturated carbocycles. The van der Waals surface area contributed by atoms with Gasteiger partial charge in [-0.3, -0.25) is 9.59 Å². The number of aromatic nitrogens is 1. The van der Waals surface area contributed by atoms with Crippen LogP contribution in [-0.4, -0.2) is 23.8 Å². The van der Waals surface area contributed by atoms with Crippen molar-refractivity contribution < 1.29 is 23.1 Å². The van der Waals surface area contributed by atoms with Crippen molar-refractivity contribution in [2.24, 2.45) is 0 Å². The van der Waals surface area contributed by atoms with E-state index >= 15 is 0 Å². The standard InChI is InChI=1S/C10H10ClF2NO3.C8H6Cl2O.C3H8/c1-3-17-9(16)7-5(2)4-6(10(11,12)13)14-8(7)15;1-5-7(9)3-2-6(4-11)8(5)10;1-3-2/h4H,3H2,1-2H3,(H,14,15);2-4H,1H3;3H2,1-2H3. The third-order valence-corrected chi connectivity index (χ3v) is 4.61. The monoisotopic (exact) mass is 497 g/mol. The van der Waals surface area contributed by atoms with Gasteiger partial charge in [-0.25, -0.2) is 4.79 Å². The van der Waals surface area contributed by atoms with E-state index in [1.165, 1.54) is 13.3 Å². The van der Waals surface area contributed by atoms with Crippen LogP contribution in [0.3, 0.4) is 0 Å². The quantitative estimate of drug-likeness (QED) is 0.290. The molecule has 0 spiro atoms. The lowest BCUT2D eigenvalue weighted by Gasteiger charge is -2.10. The maximum Gasteiger partial charge on any atom is 0.362 e. The van der Waals surface area contributed by atoms with Gasteiger partial charge in [0, 0.05) is 10.6 Å². The van der Waals surface area contributed by atoms with Crippen LogP contribution in [0.4, 0.5) is 8.78 Å². The fourth-order valence-corrected chi connectivity index (χ4v) is 2.59. The molecule has 1 aromatic carbocycles. The molecule has 1 N–H and O–H groups in total. The van der Waals surface area contributed by atoms with Gasteiger partial charge in [0.05, 0.1) is 11.6 Å². The lowest BCUT2D eigenvalue weighted by Crippen LogP contribution is -2.25. The average Bonchev–Trinajstić information content (AvgIpc) is 2.66. The molecular weight excluding hydrogens is 475 g/mol. The predicted octanol–water partition coefficient (Wildman–Crippen LogP) is 6.68. The minimum atomic E-state index is -3.68. The molecule has 0 amide bonds. The number of hydrogen-bond acceptors (Lipinski definition) is 4. The Morgan fingerprint density at radius 2 is 1.74 bits per heavy atom. The van der Waals surface area contributed by atoms with Gasteiger partial charge in [-0.05, 0) is 61.7 Å². The minimum Gasteiger partial charge on any atom is -0.462 e. The molecule has 31 heavy (non-hydrogen) atoms. The van der Waals surface area contributed by atoms with Crippen LogP contribution in [0.1, 0.15) is 64.7 Å². The minimum absolute atomic E-state index is 0.0857. The van der Waals surface area contributed by atoms with Crippen LogP contribution < -0.4 is 5.56 Å². The summed E-state index contributed by atoms with van der Waals surface area (Å²) in [6, 6.07) is 4.21. The van der Waals surface area contributed by atoms with E-state index in [0.29, 0.717) is 21.9 Å². The number of nitrogens with one attached hydrogen (secondary N) is 1. The van der Waals surface area contributed by atoms with Gasteiger partial charge in [-0.15, -0.1) is 0 Å². The normalized spacial score (nSPS) is 10.3. The van der Waals surface area contributed by atoms with Crippen molar-refractivity contribution in [3.8, 4) is 0 Å². The predicted molar refractivity (Wildman–Crippen MR) is 120 cm³/mol. The first kappa shape index (κ1) is 29.0. The number of aryl methyl sites for hydroxylation is 1. The Morgan fingerprint density at radius 1 is 1.19 bits per heavy atom. The smallest absolute Gasteiger partial charge is 0.362 e. The Bertz CT molecular complexity index is 957. The first-order chi connectivity index (χ1) is 14.3. The largest absolute Gasteiger partial charge is 0.462 e. The Kier molecular flexibility index (Phi) is 12.6. The third-order valence-electron chi connectivity index (χ3n) is 3.49. The summed E-state index contributed by atoms with van der Waals surface area (Å²) in [5, 5.41) is -2.66. The summed E-state index contributed by atoms with van der Waals surface area (Å²) in [5.74, 6) is -0.851. The first-order valence-corrected chi connectivity index (χ1v) is 10.4. The van der Waals surface area contributed by atoms with Gasteiger partial charge in [-0.2, -0.15) is 8.78 Å². The maximum atomic E-state index is 12.8. The molecule has 0 saturated heterocycles. The second-order valence-corrected chi connectivity index (χ2v) is 7.45. The van der Waals surface area contributed by atoms with Crippen LogP contribution in [0.2, 0.25) is 10.0 Å². The summed E-state index contributed by atoms with van der Waals surface area (Å²) in [5.41, 5.74) is -0.681. The van der Waals surface area contributed by atoms with Crippen LogP contribution in [-0.2, 0) is 10.1 Å². The second kappa shape index (κ2) is 13.5. The SMILES string of the molecule is CCC.CCOC(=O)c1c(C)cc(C(F)(F)Cl)[nH]c1=O.Cc1c(Cl)ccc(C=O)c1Cl. The highest BCUT2D eigenvalue weighted by atomic mass is 35.5. The Balaban J connectivity index is 0.000000551. The number of benzene rings is 1. The molecule has 0 radical (unpaired) electrons. The molecule has 0 aliphatic carbocycles. The number of esters is 1. The number of hydrogen-bond donors (Lipinski definition) is 1. The Hall–Kier alpha value is -1.96. The van der Waals surface area contributed by atoms with E-state index in [4.69, 9.17) is 34.8 Å². The number of carbonyl (C=O) groups excluding carboxylic acids is 2. The van der Waals surface area contributed by atoms with E-state index < -0.39 is 22.6 Å². The van der Waals surface area contributed by atoms with Crippen molar-refractivity contribution >= 4 is 47.1 Å². The molecule has 0 fully saturated rings. The van der Waals surface area contributed by atoms with E-state index in [2.05, 4.69) is 18.6 Å². The summed E-state index contributed by atoms with van der Waals surface area (Å²) in [4.78, 5) is 35.1. The van der Waals surface area contributed by atoms with Crippen molar-refractivity contribution in [2.45, 2.75) is 46.4 Å². The van der Waals surface area contributed by atoms with E-state index in [1.807, 2.05) is 4.98 Å². The molecule has 0 unspecified atom stereocenters. The molecule has 0 aliphatic rings.